The van der Waals surface area contributed by atoms with E-state index in [0.717, 1.165) is 0 Å². The van der Waals surface area contributed by atoms with Crippen molar-refractivity contribution in [2.45, 2.75) is 24.9 Å². The Morgan fingerprint density at radius 2 is 2.10 bits per heavy atom. The van der Waals surface area contributed by atoms with Crippen molar-refractivity contribution in [1.82, 2.24) is 9.55 Å². The van der Waals surface area contributed by atoms with Crippen LogP contribution in [0.2, 0.25) is 5.02 Å². The van der Waals surface area contributed by atoms with Crippen molar-refractivity contribution in [3.63, 3.8) is 0 Å². The number of imidazole rings is 1. The Bertz CT molecular complexity index is 744. The van der Waals surface area contributed by atoms with Crippen LogP contribution in [0.15, 0.2) is 29.4 Å². The van der Waals surface area contributed by atoms with Gasteiger partial charge in [0.15, 0.2) is 5.03 Å². The van der Waals surface area contributed by atoms with Gasteiger partial charge in [-0.15, -0.1) is 0 Å². The lowest BCUT2D eigenvalue weighted by molar-refractivity contribution is 0.595. The van der Waals surface area contributed by atoms with E-state index in [9.17, 15) is 12.8 Å². The summed E-state index contributed by atoms with van der Waals surface area (Å²) < 4.78 is 37.9. The molecular weight excluding hydrogens is 326 g/mol. The Balaban J connectivity index is 2.40. The molecule has 2 aromatic rings. The first-order chi connectivity index (χ1) is 9.31. The zero-order chi connectivity index (χ0) is 14.9. The molecule has 0 aliphatic carbocycles. The highest BCUT2D eigenvalue weighted by atomic mass is 35.7. The minimum Gasteiger partial charge on any atom is -0.329 e. The smallest absolute Gasteiger partial charge is 0.280 e. The molecule has 4 nitrogen and oxygen atoms in total. The van der Waals surface area contributed by atoms with Crippen LogP contribution in [0, 0.1) is 5.82 Å². The van der Waals surface area contributed by atoms with Crippen molar-refractivity contribution in [2.24, 2.45) is 0 Å². The Morgan fingerprint density at radius 1 is 1.40 bits per heavy atom. The first kappa shape index (κ1) is 15.3. The van der Waals surface area contributed by atoms with Crippen LogP contribution < -0.4 is 0 Å². The number of benzene rings is 1. The largest absolute Gasteiger partial charge is 0.329 e. The molecule has 0 saturated heterocycles. The highest BCUT2D eigenvalue weighted by Gasteiger charge is 2.17. The third-order valence-corrected chi connectivity index (χ3v) is 4.16. The van der Waals surface area contributed by atoms with E-state index in [-0.39, 0.29) is 11.6 Å². The average Bonchev–Trinajstić information content (AvgIpc) is 2.75. The summed E-state index contributed by atoms with van der Waals surface area (Å²) in [5, 5.41) is 0.0713. The van der Waals surface area contributed by atoms with Gasteiger partial charge in [0.1, 0.15) is 11.6 Å². The lowest BCUT2D eigenvalue weighted by Crippen LogP contribution is -2.05. The number of hydrogen-bond acceptors (Lipinski definition) is 3. The number of nitrogens with zero attached hydrogens (tertiary/aromatic N) is 2. The van der Waals surface area contributed by atoms with E-state index >= 15 is 0 Å². The fourth-order valence-electron chi connectivity index (χ4n) is 1.80. The summed E-state index contributed by atoms with van der Waals surface area (Å²) in [4.78, 5) is 3.94. The van der Waals surface area contributed by atoms with Gasteiger partial charge in [0.05, 0.1) is 6.54 Å². The summed E-state index contributed by atoms with van der Waals surface area (Å²) in [7, 11) is 1.36. The zero-order valence-corrected chi connectivity index (χ0v) is 12.8. The number of aromatic nitrogens is 2. The van der Waals surface area contributed by atoms with Gasteiger partial charge in [-0.25, -0.2) is 17.8 Å². The number of aryl methyl sites for hydroxylation is 1. The maximum absolute atomic E-state index is 13.8. The number of rotatable bonds is 4. The van der Waals surface area contributed by atoms with Gasteiger partial charge in [0.25, 0.3) is 9.05 Å². The van der Waals surface area contributed by atoms with Crippen LogP contribution in [0.3, 0.4) is 0 Å². The third kappa shape index (κ3) is 3.31. The SMILES string of the molecule is CCc1nc(S(=O)(=O)Cl)cn1Cc1ccc(Cl)cc1F. The molecule has 0 saturated carbocycles. The minimum absolute atomic E-state index is 0.158. The van der Waals surface area contributed by atoms with Gasteiger partial charge < -0.3 is 4.57 Å². The van der Waals surface area contributed by atoms with Gasteiger partial charge in [0, 0.05) is 33.9 Å². The van der Waals surface area contributed by atoms with Gasteiger partial charge in [-0.2, -0.15) is 0 Å². The maximum Gasteiger partial charge on any atom is 0.280 e. The molecule has 8 heteroatoms. The first-order valence-electron chi connectivity index (χ1n) is 5.76. The maximum atomic E-state index is 13.8. The molecule has 0 aliphatic rings. The molecule has 0 spiro atoms. The van der Waals surface area contributed by atoms with E-state index in [0.29, 0.717) is 22.8 Å². The zero-order valence-electron chi connectivity index (χ0n) is 10.5. The van der Waals surface area contributed by atoms with Crippen molar-refractivity contribution < 1.29 is 12.8 Å². The quantitative estimate of drug-likeness (QED) is 0.805. The van der Waals surface area contributed by atoms with Gasteiger partial charge in [-0.1, -0.05) is 24.6 Å². The molecule has 2 rings (SSSR count). The molecule has 0 bridgehead atoms. The predicted molar refractivity (Wildman–Crippen MR) is 75.2 cm³/mol. The summed E-state index contributed by atoms with van der Waals surface area (Å²) in [6.07, 6.45) is 1.80. The molecule has 20 heavy (non-hydrogen) atoms. The Kier molecular flexibility index (Phi) is 4.36. The highest BCUT2D eigenvalue weighted by Crippen LogP contribution is 2.19. The Hall–Kier alpha value is -1.11. The van der Waals surface area contributed by atoms with Gasteiger partial charge in [-0.3, -0.25) is 0 Å². The molecule has 0 fully saturated rings. The van der Waals surface area contributed by atoms with E-state index in [1.54, 1.807) is 16.7 Å². The van der Waals surface area contributed by atoms with Crippen molar-refractivity contribution in [2.75, 3.05) is 0 Å². The second-order valence-corrected chi connectivity index (χ2v) is 7.10. The van der Waals surface area contributed by atoms with E-state index in [1.807, 2.05) is 6.92 Å². The summed E-state index contributed by atoms with van der Waals surface area (Å²) in [6.45, 7) is 1.98. The highest BCUT2D eigenvalue weighted by molar-refractivity contribution is 8.13. The van der Waals surface area contributed by atoms with Crippen molar-refractivity contribution in [3.05, 3.63) is 46.6 Å². The van der Waals surface area contributed by atoms with Crippen molar-refractivity contribution in [3.8, 4) is 0 Å². The molecule has 1 aromatic carbocycles. The summed E-state index contributed by atoms with van der Waals surface area (Å²) in [5.74, 6) is 0.0575. The molecule has 1 aromatic heterocycles. The van der Waals surface area contributed by atoms with Crippen LogP contribution in [0.5, 0.6) is 0 Å². The Morgan fingerprint density at radius 3 is 2.65 bits per heavy atom. The molecule has 0 unspecified atom stereocenters. The lowest BCUT2D eigenvalue weighted by atomic mass is 10.2. The minimum atomic E-state index is -3.90. The number of hydrogen-bond donors (Lipinski definition) is 0. The average molecular weight is 337 g/mol. The summed E-state index contributed by atoms with van der Waals surface area (Å²) in [6, 6.07) is 4.33. The predicted octanol–water partition coefficient (Wildman–Crippen LogP) is 3.21. The first-order valence-corrected chi connectivity index (χ1v) is 8.44. The monoisotopic (exact) mass is 336 g/mol. The number of halogens is 3. The van der Waals surface area contributed by atoms with Crippen LogP contribution in [0.4, 0.5) is 4.39 Å². The Labute approximate surface area is 125 Å². The van der Waals surface area contributed by atoms with E-state index in [2.05, 4.69) is 4.98 Å². The van der Waals surface area contributed by atoms with Gasteiger partial charge >= 0.3 is 0 Å². The molecule has 0 atom stereocenters. The fourth-order valence-corrected chi connectivity index (χ4v) is 2.65. The molecule has 108 valence electrons. The van der Waals surface area contributed by atoms with Crippen LogP contribution in [-0.2, 0) is 22.0 Å². The van der Waals surface area contributed by atoms with Crippen LogP contribution in [-0.4, -0.2) is 18.0 Å². The van der Waals surface area contributed by atoms with Crippen molar-refractivity contribution >= 4 is 31.3 Å². The molecule has 0 radical (unpaired) electrons. The molecule has 1 heterocycles. The summed E-state index contributed by atoms with van der Waals surface area (Å²) in [5.41, 5.74) is 0.389. The van der Waals surface area contributed by atoms with Crippen LogP contribution in [0.1, 0.15) is 18.3 Å². The van der Waals surface area contributed by atoms with Crippen molar-refractivity contribution in [1.29, 1.82) is 0 Å². The molecular formula is C12H11Cl2FN2O2S. The topological polar surface area (TPSA) is 52.0 Å². The van der Waals surface area contributed by atoms with Gasteiger partial charge in [-0.05, 0) is 12.1 Å². The van der Waals surface area contributed by atoms with Crippen LogP contribution >= 0.6 is 22.3 Å². The standard InChI is InChI=1S/C12H11Cl2FN2O2S/c1-2-11-16-12(20(14,18)19)7-17(11)6-8-3-4-9(13)5-10(8)15/h3-5,7H,2,6H2,1H3. The third-order valence-electron chi connectivity index (χ3n) is 2.76. The van der Waals surface area contributed by atoms with E-state index < -0.39 is 14.9 Å². The normalized spacial score (nSPS) is 11.8. The molecule has 0 aliphatic heterocycles. The van der Waals surface area contributed by atoms with E-state index in [4.69, 9.17) is 22.3 Å². The van der Waals surface area contributed by atoms with Crippen LogP contribution in [0.25, 0.3) is 0 Å². The van der Waals surface area contributed by atoms with E-state index in [1.165, 1.54) is 12.3 Å². The molecule has 0 N–H and O–H groups in total. The summed E-state index contributed by atoms with van der Waals surface area (Å²) >= 11 is 5.69. The lowest BCUT2D eigenvalue weighted by Gasteiger charge is -2.07. The second kappa shape index (κ2) is 5.71. The van der Waals surface area contributed by atoms with Gasteiger partial charge in [0.2, 0.25) is 0 Å². The fraction of sp³-hybridized carbons (Fsp3) is 0.250. The second-order valence-electron chi connectivity index (χ2n) is 4.15. The molecule has 0 amide bonds.